The highest BCUT2D eigenvalue weighted by Gasteiger charge is 2.14. The fraction of sp³-hybridized carbons (Fsp3) is 0.409. The molecule has 164 valence electrons. The molecule has 31 heavy (non-hydrogen) atoms. The molecule has 3 rings (SSSR count). The number of thiophene rings is 1. The lowest BCUT2D eigenvalue weighted by Crippen LogP contribution is -2.34. The SMILES string of the molecule is Cc1sc2ncn(CC(=O)NCCCC(=O)N(C)CCc3ccccn3)c(=O)c2c1C. The van der Waals surface area contributed by atoms with E-state index < -0.39 is 0 Å². The van der Waals surface area contributed by atoms with E-state index in [-0.39, 0.29) is 23.9 Å². The number of hydrogen-bond acceptors (Lipinski definition) is 6. The van der Waals surface area contributed by atoms with Gasteiger partial charge in [0, 0.05) is 49.7 Å². The molecule has 8 nitrogen and oxygen atoms in total. The molecule has 1 N–H and O–H groups in total. The van der Waals surface area contributed by atoms with E-state index in [1.54, 1.807) is 18.1 Å². The van der Waals surface area contributed by atoms with Gasteiger partial charge in [0.05, 0.1) is 11.7 Å². The Morgan fingerprint density at radius 1 is 1.23 bits per heavy atom. The van der Waals surface area contributed by atoms with Crippen molar-refractivity contribution in [1.29, 1.82) is 0 Å². The van der Waals surface area contributed by atoms with Crippen molar-refractivity contribution < 1.29 is 9.59 Å². The lowest BCUT2D eigenvalue weighted by atomic mass is 10.2. The Kier molecular flexibility index (Phi) is 7.51. The molecule has 0 aliphatic heterocycles. The molecule has 3 heterocycles. The number of aromatic nitrogens is 3. The Morgan fingerprint density at radius 2 is 2.03 bits per heavy atom. The van der Waals surface area contributed by atoms with Gasteiger partial charge < -0.3 is 10.2 Å². The van der Waals surface area contributed by atoms with Crippen molar-refractivity contribution in [2.75, 3.05) is 20.1 Å². The molecule has 2 amide bonds. The molecule has 0 atom stereocenters. The van der Waals surface area contributed by atoms with E-state index in [1.807, 2.05) is 32.0 Å². The van der Waals surface area contributed by atoms with Gasteiger partial charge in [0.1, 0.15) is 11.4 Å². The molecule has 0 saturated heterocycles. The van der Waals surface area contributed by atoms with Crippen molar-refractivity contribution in [1.82, 2.24) is 24.8 Å². The molecule has 0 saturated carbocycles. The number of nitrogens with zero attached hydrogens (tertiary/aromatic N) is 4. The summed E-state index contributed by atoms with van der Waals surface area (Å²) in [5.41, 5.74) is 1.66. The summed E-state index contributed by atoms with van der Waals surface area (Å²) in [6.45, 7) is 4.73. The number of aryl methyl sites for hydroxylation is 2. The van der Waals surface area contributed by atoms with Crippen LogP contribution in [0.15, 0.2) is 35.5 Å². The first-order valence-corrected chi connectivity index (χ1v) is 11.0. The van der Waals surface area contributed by atoms with Crippen LogP contribution in [0.4, 0.5) is 0 Å². The van der Waals surface area contributed by atoms with Gasteiger partial charge in [-0.05, 0) is 38.0 Å². The van der Waals surface area contributed by atoms with E-state index in [4.69, 9.17) is 0 Å². The van der Waals surface area contributed by atoms with Gasteiger partial charge >= 0.3 is 0 Å². The summed E-state index contributed by atoms with van der Waals surface area (Å²) in [7, 11) is 1.77. The molecule has 0 aliphatic rings. The largest absolute Gasteiger partial charge is 0.355 e. The zero-order valence-electron chi connectivity index (χ0n) is 18.1. The summed E-state index contributed by atoms with van der Waals surface area (Å²) in [6.07, 6.45) is 4.74. The van der Waals surface area contributed by atoms with E-state index in [9.17, 15) is 14.4 Å². The van der Waals surface area contributed by atoms with Crippen LogP contribution in [-0.2, 0) is 22.6 Å². The predicted molar refractivity (Wildman–Crippen MR) is 121 cm³/mol. The number of fused-ring (bicyclic) bond motifs is 1. The summed E-state index contributed by atoms with van der Waals surface area (Å²) in [5.74, 6) is -0.247. The van der Waals surface area contributed by atoms with Gasteiger partial charge in [0.25, 0.3) is 5.56 Å². The average Bonchev–Trinajstić information content (AvgIpc) is 3.06. The summed E-state index contributed by atoms with van der Waals surface area (Å²) < 4.78 is 1.33. The second-order valence-electron chi connectivity index (χ2n) is 7.48. The second-order valence-corrected chi connectivity index (χ2v) is 8.68. The van der Waals surface area contributed by atoms with E-state index >= 15 is 0 Å². The highest BCUT2D eigenvalue weighted by molar-refractivity contribution is 7.18. The molecule has 0 unspecified atom stereocenters. The van der Waals surface area contributed by atoms with Gasteiger partial charge in [-0.3, -0.25) is 23.9 Å². The quantitative estimate of drug-likeness (QED) is 0.513. The summed E-state index contributed by atoms with van der Waals surface area (Å²) in [6, 6.07) is 5.73. The van der Waals surface area contributed by atoms with Crippen LogP contribution in [0.1, 0.15) is 29.0 Å². The summed E-state index contributed by atoms with van der Waals surface area (Å²) in [4.78, 5) is 49.1. The lowest BCUT2D eigenvalue weighted by Gasteiger charge is -2.17. The Hall–Kier alpha value is -3.07. The van der Waals surface area contributed by atoms with E-state index in [2.05, 4.69) is 15.3 Å². The number of hydrogen-bond donors (Lipinski definition) is 1. The fourth-order valence-electron chi connectivity index (χ4n) is 3.20. The Balaban J connectivity index is 1.41. The maximum atomic E-state index is 12.7. The number of carbonyl (C=O) groups excluding carboxylic acids is 2. The third-order valence-electron chi connectivity index (χ3n) is 5.21. The Bertz CT molecular complexity index is 1120. The number of likely N-dealkylation sites (N-methyl/N-ethyl adjacent to an activating group) is 1. The Morgan fingerprint density at radius 3 is 2.77 bits per heavy atom. The van der Waals surface area contributed by atoms with Gasteiger partial charge in [-0.1, -0.05) is 6.07 Å². The molecule has 0 spiro atoms. The number of pyridine rings is 1. The van der Waals surface area contributed by atoms with Crippen LogP contribution in [0.2, 0.25) is 0 Å². The van der Waals surface area contributed by atoms with Crippen molar-refractivity contribution in [3.63, 3.8) is 0 Å². The third-order valence-corrected chi connectivity index (χ3v) is 6.33. The molecule has 0 fully saturated rings. The number of nitrogens with one attached hydrogen (secondary N) is 1. The van der Waals surface area contributed by atoms with Crippen LogP contribution >= 0.6 is 11.3 Å². The zero-order valence-corrected chi connectivity index (χ0v) is 18.9. The minimum atomic E-state index is -0.274. The molecule has 0 radical (unpaired) electrons. The van der Waals surface area contributed by atoms with Crippen LogP contribution in [0.25, 0.3) is 10.2 Å². The van der Waals surface area contributed by atoms with Gasteiger partial charge in [0.2, 0.25) is 11.8 Å². The summed E-state index contributed by atoms with van der Waals surface area (Å²) in [5, 5.41) is 3.35. The lowest BCUT2D eigenvalue weighted by molar-refractivity contribution is -0.130. The van der Waals surface area contributed by atoms with E-state index in [0.717, 1.165) is 16.1 Å². The maximum absolute atomic E-state index is 12.7. The highest BCUT2D eigenvalue weighted by atomic mass is 32.1. The van der Waals surface area contributed by atoms with Crippen LogP contribution in [0.3, 0.4) is 0 Å². The van der Waals surface area contributed by atoms with Crippen molar-refractivity contribution in [3.05, 3.63) is 57.2 Å². The molecule has 3 aromatic heterocycles. The minimum absolute atomic E-state index is 0.0272. The molecule has 0 bridgehead atoms. The third kappa shape index (κ3) is 5.75. The fourth-order valence-corrected chi connectivity index (χ4v) is 4.19. The van der Waals surface area contributed by atoms with Crippen molar-refractivity contribution in [2.24, 2.45) is 0 Å². The smallest absolute Gasteiger partial charge is 0.262 e. The molecule has 0 aliphatic carbocycles. The molecular formula is C22H27N5O3S. The van der Waals surface area contributed by atoms with Gasteiger partial charge in [0.15, 0.2) is 0 Å². The van der Waals surface area contributed by atoms with Crippen LogP contribution in [0, 0.1) is 13.8 Å². The maximum Gasteiger partial charge on any atom is 0.262 e. The van der Waals surface area contributed by atoms with Crippen LogP contribution in [-0.4, -0.2) is 51.4 Å². The summed E-state index contributed by atoms with van der Waals surface area (Å²) >= 11 is 1.48. The predicted octanol–water partition coefficient (Wildman–Crippen LogP) is 2.07. The van der Waals surface area contributed by atoms with Crippen LogP contribution in [0.5, 0.6) is 0 Å². The van der Waals surface area contributed by atoms with E-state index in [0.29, 0.717) is 42.6 Å². The zero-order chi connectivity index (χ0) is 22.4. The topological polar surface area (TPSA) is 97.2 Å². The minimum Gasteiger partial charge on any atom is -0.355 e. The van der Waals surface area contributed by atoms with Gasteiger partial charge in [-0.2, -0.15) is 0 Å². The average molecular weight is 442 g/mol. The standard InChI is InChI=1S/C22H27N5O3S/c1-15-16(2)31-21-20(15)22(30)27(14-25-21)13-18(28)24-11-6-8-19(29)26(3)12-9-17-7-4-5-10-23-17/h4-5,7,10,14H,6,8-9,11-13H2,1-3H3,(H,24,28). The molecular weight excluding hydrogens is 414 g/mol. The molecule has 3 aromatic rings. The van der Waals surface area contributed by atoms with Gasteiger partial charge in [-0.25, -0.2) is 4.98 Å². The number of rotatable bonds is 9. The number of carbonyl (C=O) groups is 2. The second kappa shape index (κ2) is 10.3. The molecule has 0 aromatic carbocycles. The van der Waals surface area contributed by atoms with Crippen LogP contribution < -0.4 is 10.9 Å². The van der Waals surface area contributed by atoms with Crippen molar-refractivity contribution in [2.45, 2.75) is 39.7 Å². The Labute approximate surface area is 184 Å². The first-order valence-electron chi connectivity index (χ1n) is 10.2. The normalized spacial score (nSPS) is 10.9. The highest BCUT2D eigenvalue weighted by Crippen LogP contribution is 2.25. The van der Waals surface area contributed by atoms with Crippen molar-refractivity contribution in [3.8, 4) is 0 Å². The first kappa shape index (κ1) is 22.6. The number of amides is 2. The van der Waals surface area contributed by atoms with Gasteiger partial charge in [-0.15, -0.1) is 11.3 Å². The monoisotopic (exact) mass is 441 g/mol. The molecule has 9 heteroatoms. The first-order chi connectivity index (χ1) is 14.9. The van der Waals surface area contributed by atoms with Crippen molar-refractivity contribution >= 4 is 33.4 Å². The van der Waals surface area contributed by atoms with E-state index in [1.165, 1.54) is 22.2 Å².